The Morgan fingerprint density at radius 1 is 0.902 bits per heavy atom. The van der Waals surface area contributed by atoms with Gasteiger partial charge < -0.3 is 15.0 Å². The number of ether oxygens (including phenoxy) is 1. The van der Waals surface area contributed by atoms with E-state index in [1.165, 1.54) is 4.88 Å². The quantitative estimate of drug-likeness (QED) is 0.204. The number of nitrogens with one attached hydrogen (secondary N) is 1. The number of amidine groups is 2. The van der Waals surface area contributed by atoms with Crippen molar-refractivity contribution in [2.45, 2.75) is 32.7 Å². The molecule has 2 aliphatic heterocycles. The second-order valence-electron chi connectivity index (χ2n) is 10.1. The van der Waals surface area contributed by atoms with Gasteiger partial charge in [0.2, 0.25) is 0 Å². The molecule has 7 rings (SSSR count). The van der Waals surface area contributed by atoms with Gasteiger partial charge >= 0.3 is 0 Å². The van der Waals surface area contributed by atoms with Gasteiger partial charge in [-0.1, -0.05) is 49.7 Å². The normalized spacial score (nSPS) is 15.4. The number of aromatic nitrogens is 2. The zero-order valence-electron chi connectivity index (χ0n) is 23.0. The Bertz CT molecular complexity index is 1740. The van der Waals surface area contributed by atoms with Crippen LogP contribution in [0.1, 0.15) is 41.9 Å². The van der Waals surface area contributed by atoms with Gasteiger partial charge in [-0.3, -0.25) is 0 Å². The number of fused-ring (bicyclic) bond motifs is 4. The molecule has 0 saturated carbocycles. The number of nitrogens with zero attached hydrogens (tertiary/aromatic N) is 5. The maximum atomic E-state index is 5.88. The summed E-state index contributed by atoms with van der Waals surface area (Å²) in [5.41, 5.74) is 5.86. The molecule has 1 N–H and O–H groups in total. The summed E-state index contributed by atoms with van der Waals surface area (Å²) in [6, 6.07) is 30.7. The Kier molecular flexibility index (Phi) is 6.60. The zero-order chi connectivity index (χ0) is 27.8. The Morgan fingerprint density at radius 2 is 1.71 bits per heavy atom. The van der Waals surface area contributed by atoms with Gasteiger partial charge in [-0.25, -0.2) is 14.7 Å². The van der Waals surface area contributed by atoms with Crippen molar-refractivity contribution < 1.29 is 4.74 Å². The minimum atomic E-state index is -0.0993. The molecule has 1 atom stereocenters. The highest BCUT2D eigenvalue weighted by molar-refractivity contribution is 7.10. The van der Waals surface area contributed by atoms with Gasteiger partial charge in [0, 0.05) is 16.1 Å². The average molecular weight is 559 g/mol. The summed E-state index contributed by atoms with van der Waals surface area (Å²) in [7, 11) is 0. The van der Waals surface area contributed by atoms with Crippen molar-refractivity contribution >= 4 is 45.9 Å². The van der Waals surface area contributed by atoms with Crippen LogP contribution in [0, 0.1) is 6.92 Å². The van der Waals surface area contributed by atoms with Crippen LogP contribution in [0.25, 0.3) is 5.69 Å². The monoisotopic (exact) mass is 558 g/mol. The predicted molar refractivity (Wildman–Crippen MR) is 168 cm³/mol. The number of aliphatic imine (C=N–C) groups is 2. The molecule has 3 aromatic carbocycles. The second kappa shape index (κ2) is 10.7. The summed E-state index contributed by atoms with van der Waals surface area (Å²) in [5, 5.41) is 10.7. The van der Waals surface area contributed by atoms with E-state index in [1.54, 1.807) is 11.3 Å². The number of para-hydroxylation sites is 3. The Balaban J connectivity index is 1.37. The number of anilines is 2. The van der Waals surface area contributed by atoms with Crippen LogP contribution in [-0.4, -0.2) is 28.1 Å². The zero-order valence-corrected chi connectivity index (χ0v) is 23.8. The number of rotatable bonds is 7. The summed E-state index contributed by atoms with van der Waals surface area (Å²) in [6.07, 6.45) is 2.15. The van der Waals surface area contributed by atoms with Crippen LogP contribution in [-0.2, 0) is 0 Å². The Hall–Kier alpha value is -4.69. The molecule has 0 fully saturated rings. The molecule has 7 nitrogen and oxygen atoms in total. The Morgan fingerprint density at radius 3 is 2.49 bits per heavy atom. The summed E-state index contributed by atoms with van der Waals surface area (Å²) in [4.78, 5) is 13.9. The molecule has 0 aliphatic carbocycles. The lowest BCUT2D eigenvalue weighted by atomic mass is 9.98. The van der Waals surface area contributed by atoms with E-state index in [0.29, 0.717) is 5.84 Å². The van der Waals surface area contributed by atoms with Crippen molar-refractivity contribution in [3.05, 3.63) is 113 Å². The number of hydrogen-bond acceptors (Lipinski definition) is 7. The number of thiophene rings is 1. The molecule has 2 aliphatic rings. The fraction of sp³-hybridized carbons (Fsp3) is 0.182. The van der Waals surface area contributed by atoms with Gasteiger partial charge in [0.1, 0.15) is 11.8 Å². The minimum Gasteiger partial charge on any atom is -0.494 e. The molecular formula is C33H30N6OS. The first kappa shape index (κ1) is 25.3. The van der Waals surface area contributed by atoms with Crippen molar-refractivity contribution in [2.75, 3.05) is 16.8 Å². The van der Waals surface area contributed by atoms with Crippen LogP contribution >= 0.6 is 11.3 Å². The van der Waals surface area contributed by atoms with Gasteiger partial charge in [-0.2, -0.15) is 5.10 Å². The lowest BCUT2D eigenvalue weighted by molar-refractivity contribution is 0.309. The Labute approximate surface area is 243 Å². The van der Waals surface area contributed by atoms with Gasteiger partial charge in [-0.05, 0) is 73.3 Å². The van der Waals surface area contributed by atoms with Crippen LogP contribution in [0.5, 0.6) is 5.75 Å². The van der Waals surface area contributed by atoms with Gasteiger partial charge in [0.15, 0.2) is 17.5 Å². The molecule has 0 unspecified atom stereocenters. The molecule has 0 amide bonds. The largest absolute Gasteiger partial charge is 0.494 e. The molecule has 0 saturated heterocycles. The number of hydrogen-bond donors (Lipinski definition) is 1. The maximum absolute atomic E-state index is 5.88. The predicted octanol–water partition coefficient (Wildman–Crippen LogP) is 8.22. The van der Waals surface area contributed by atoms with E-state index in [0.717, 1.165) is 70.9 Å². The summed E-state index contributed by atoms with van der Waals surface area (Å²) < 4.78 is 7.83. The minimum absolute atomic E-state index is 0.0993. The van der Waals surface area contributed by atoms with Crippen molar-refractivity contribution in [3.63, 3.8) is 0 Å². The third-order valence-electron chi connectivity index (χ3n) is 7.34. The molecule has 8 heteroatoms. The van der Waals surface area contributed by atoms with E-state index in [2.05, 4.69) is 71.9 Å². The van der Waals surface area contributed by atoms with Gasteiger partial charge in [-0.15, -0.1) is 11.3 Å². The van der Waals surface area contributed by atoms with E-state index in [-0.39, 0.29) is 6.04 Å². The molecule has 0 spiro atoms. The van der Waals surface area contributed by atoms with Crippen molar-refractivity contribution in [1.82, 2.24) is 9.78 Å². The molecule has 5 aromatic rings. The van der Waals surface area contributed by atoms with Crippen molar-refractivity contribution in [3.8, 4) is 11.4 Å². The van der Waals surface area contributed by atoms with Crippen molar-refractivity contribution in [2.24, 2.45) is 9.98 Å². The number of aryl methyl sites for hydroxylation is 1. The molecule has 0 bridgehead atoms. The molecular weight excluding hydrogens is 528 g/mol. The second-order valence-corrected chi connectivity index (χ2v) is 11.1. The van der Waals surface area contributed by atoms with Crippen LogP contribution < -0.4 is 15.0 Å². The summed E-state index contributed by atoms with van der Waals surface area (Å²) >= 11 is 1.74. The number of unbranched alkanes of at least 4 members (excludes halogenated alkanes) is 1. The molecule has 204 valence electrons. The van der Waals surface area contributed by atoms with E-state index in [4.69, 9.17) is 19.8 Å². The standard InChI is InChI=1S/C33H30N6OS/c1-3-4-20-40-25-18-16-23(17-19-25)34-31-33-36-32-29(22(2)37-39(32)24-11-6-5-7-12-24)30(28-15-10-21-41-28)38(33)27-14-9-8-13-26(27)35-31/h5-19,21,30H,3-4,20H2,1-2H3,(H,34,35)/t30-/m1/s1. The third kappa shape index (κ3) is 4.60. The van der Waals surface area contributed by atoms with Gasteiger partial charge in [0.05, 0.1) is 29.4 Å². The fourth-order valence-corrected chi connectivity index (χ4v) is 6.19. The first-order chi connectivity index (χ1) is 20.2. The van der Waals surface area contributed by atoms with E-state index in [9.17, 15) is 0 Å². The van der Waals surface area contributed by atoms with E-state index in [1.807, 2.05) is 53.2 Å². The fourth-order valence-electron chi connectivity index (χ4n) is 5.37. The smallest absolute Gasteiger partial charge is 0.179 e. The molecule has 0 radical (unpaired) electrons. The maximum Gasteiger partial charge on any atom is 0.179 e. The molecule has 4 heterocycles. The van der Waals surface area contributed by atoms with Gasteiger partial charge in [0.25, 0.3) is 0 Å². The van der Waals surface area contributed by atoms with Crippen molar-refractivity contribution in [1.29, 1.82) is 0 Å². The van der Waals surface area contributed by atoms with Crippen LogP contribution in [0.15, 0.2) is 106 Å². The SMILES string of the molecule is CCCCOc1ccc(NC2=Nc3ccccc3N3C2=Nc2c(c(C)nn2-c2ccccc2)[C@H]3c2cccs2)cc1. The molecule has 41 heavy (non-hydrogen) atoms. The third-order valence-corrected chi connectivity index (χ3v) is 8.26. The first-order valence-corrected chi connectivity index (χ1v) is 14.8. The first-order valence-electron chi connectivity index (χ1n) is 14.0. The van der Waals surface area contributed by atoms with Crippen LogP contribution in [0.3, 0.4) is 0 Å². The lowest BCUT2D eigenvalue weighted by Gasteiger charge is -2.40. The summed E-state index contributed by atoms with van der Waals surface area (Å²) in [5.74, 6) is 3.14. The molecule has 2 aromatic heterocycles. The van der Waals surface area contributed by atoms with Crippen LogP contribution in [0.4, 0.5) is 22.9 Å². The highest BCUT2D eigenvalue weighted by Crippen LogP contribution is 2.49. The average Bonchev–Trinajstić information content (AvgIpc) is 3.66. The summed E-state index contributed by atoms with van der Waals surface area (Å²) in [6.45, 7) is 4.96. The lowest BCUT2D eigenvalue weighted by Crippen LogP contribution is -2.46. The number of benzene rings is 3. The van der Waals surface area contributed by atoms with E-state index >= 15 is 0 Å². The van der Waals surface area contributed by atoms with E-state index < -0.39 is 0 Å². The highest BCUT2D eigenvalue weighted by atomic mass is 32.1. The highest BCUT2D eigenvalue weighted by Gasteiger charge is 2.41. The van der Waals surface area contributed by atoms with Crippen LogP contribution in [0.2, 0.25) is 0 Å². The topological polar surface area (TPSA) is 67.0 Å².